The van der Waals surface area contributed by atoms with Gasteiger partial charge >= 0.3 is 0 Å². The number of benzene rings is 1. The minimum absolute atomic E-state index is 0.225. The largest absolute Gasteiger partial charge is 0.276 e. The van der Waals surface area contributed by atoms with Gasteiger partial charge in [0, 0.05) is 0 Å². The number of hydrogen-bond acceptors (Lipinski definition) is 3. The van der Waals surface area contributed by atoms with Crippen LogP contribution in [0.1, 0.15) is 19.8 Å². The van der Waals surface area contributed by atoms with Crippen molar-refractivity contribution in [2.75, 3.05) is 0 Å². The number of nitrogens with zero attached hydrogens (tertiary/aromatic N) is 1. The second-order valence-corrected chi connectivity index (χ2v) is 5.66. The lowest BCUT2D eigenvalue weighted by molar-refractivity contribution is 0.584. The number of rotatable bonds is 3. The lowest BCUT2D eigenvalue weighted by Crippen LogP contribution is -2.19. The van der Waals surface area contributed by atoms with E-state index >= 15 is 0 Å². The zero-order valence-corrected chi connectivity index (χ0v) is 10.4. The highest BCUT2D eigenvalue weighted by molar-refractivity contribution is 7.89. The number of hydrogen-bond donors (Lipinski definition) is 1. The molecule has 1 aromatic rings. The van der Waals surface area contributed by atoms with Crippen LogP contribution in [0.15, 0.2) is 52.0 Å². The molecule has 0 aromatic heterocycles. The van der Waals surface area contributed by atoms with E-state index in [1.165, 1.54) is 17.7 Å². The first-order valence-electron chi connectivity index (χ1n) is 5.38. The molecule has 1 aliphatic carbocycles. The van der Waals surface area contributed by atoms with E-state index in [0.29, 0.717) is 0 Å². The van der Waals surface area contributed by atoms with Crippen molar-refractivity contribution in [2.45, 2.75) is 24.7 Å². The van der Waals surface area contributed by atoms with Gasteiger partial charge in [0.2, 0.25) is 0 Å². The van der Waals surface area contributed by atoms with E-state index in [2.05, 4.69) is 9.93 Å². The van der Waals surface area contributed by atoms with Gasteiger partial charge in [-0.25, -0.2) is 0 Å². The van der Waals surface area contributed by atoms with Crippen LogP contribution in [0, 0.1) is 0 Å². The Labute approximate surface area is 101 Å². The van der Waals surface area contributed by atoms with Gasteiger partial charge in [0.15, 0.2) is 0 Å². The molecule has 0 saturated carbocycles. The summed E-state index contributed by atoms with van der Waals surface area (Å²) in [6.07, 6.45) is 3.66. The summed E-state index contributed by atoms with van der Waals surface area (Å²) in [5.41, 5.74) is 2.00. The molecule has 0 spiro atoms. The van der Waals surface area contributed by atoms with E-state index in [4.69, 9.17) is 0 Å². The Bertz CT molecular complexity index is 559. The van der Waals surface area contributed by atoms with Crippen LogP contribution in [0.4, 0.5) is 0 Å². The van der Waals surface area contributed by atoms with Crippen LogP contribution in [0.5, 0.6) is 0 Å². The summed E-state index contributed by atoms with van der Waals surface area (Å²) in [6.45, 7) is 2.01. The Morgan fingerprint density at radius 2 is 1.88 bits per heavy atom. The molecule has 5 heteroatoms. The van der Waals surface area contributed by atoms with Gasteiger partial charge in [0.1, 0.15) is 0 Å². The first-order chi connectivity index (χ1) is 8.08. The highest BCUT2D eigenvalue weighted by Gasteiger charge is 2.13. The Hall–Kier alpha value is -1.62. The van der Waals surface area contributed by atoms with Gasteiger partial charge < -0.3 is 0 Å². The van der Waals surface area contributed by atoms with Crippen LogP contribution in [0.3, 0.4) is 0 Å². The van der Waals surface area contributed by atoms with Crippen LogP contribution in [-0.2, 0) is 10.0 Å². The highest BCUT2D eigenvalue weighted by atomic mass is 32.2. The molecule has 0 fully saturated rings. The van der Waals surface area contributed by atoms with Crippen molar-refractivity contribution < 1.29 is 8.42 Å². The maximum Gasteiger partial charge on any atom is 0.276 e. The molecule has 90 valence electrons. The molecule has 4 nitrogen and oxygen atoms in total. The molecule has 1 aliphatic rings. The maximum absolute atomic E-state index is 11.8. The van der Waals surface area contributed by atoms with E-state index in [9.17, 15) is 8.42 Å². The van der Waals surface area contributed by atoms with E-state index < -0.39 is 10.0 Å². The van der Waals surface area contributed by atoms with Crippen molar-refractivity contribution >= 4 is 15.7 Å². The fourth-order valence-electron chi connectivity index (χ4n) is 1.61. The molecule has 2 rings (SSSR count). The predicted molar refractivity (Wildman–Crippen MR) is 67.2 cm³/mol. The normalized spacial score (nSPS) is 18.2. The van der Waals surface area contributed by atoms with Gasteiger partial charge in [-0.15, -0.1) is 0 Å². The first kappa shape index (κ1) is 11.9. The quantitative estimate of drug-likeness (QED) is 0.835. The lowest BCUT2D eigenvalue weighted by atomic mass is 10.3. The molecule has 0 unspecified atom stereocenters. The highest BCUT2D eigenvalue weighted by Crippen LogP contribution is 2.15. The maximum atomic E-state index is 11.8. The zero-order valence-electron chi connectivity index (χ0n) is 9.55. The summed E-state index contributed by atoms with van der Waals surface area (Å²) in [5.74, 6) is 0. The van der Waals surface area contributed by atoms with Gasteiger partial charge in [-0.05, 0) is 38.0 Å². The van der Waals surface area contributed by atoms with Crippen LogP contribution in [-0.4, -0.2) is 14.1 Å². The third-order valence-corrected chi connectivity index (χ3v) is 3.78. The molecule has 0 heterocycles. The first-order valence-corrected chi connectivity index (χ1v) is 6.87. The van der Waals surface area contributed by atoms with Gasteiger partial charge in [-0.2, -0.15) is 18.4 Å². The molecule has 1 N–H and O–H groups in total. The third-order valence-electron chi connectivity index (χ3n) is 2.55. The number of hydrazone groups is 1. The van der Waals surface area contributed by atoms with Crippen LogP contribution in [0.2, 0.25) is 0 Å². The number of nitrogens with one attached hydrogen (secondary N) is 1. The average Bonchev–Trinajstić information content (AvgIpc) is 2.74. The van der Waals surface area contributed by atoms with Crippen molar-refractivity contribution in [3.05, 3.63) is 42.0 Å². The Morgan fingerprint density at radius 3 is 2.47 bits per heavy atom. The number of sulfonamides is 1. The smallest absolute Gasteiger partial charge is 0.200 e. The van der Waals surface area contributed by atoms with Crippen molar-refractivity contribution in [3.63, 3.8) is 0 Å². The lowest BCUT2D eigenvalue weighted by Gasteiger charge is -2.03. The predicted octanol–water partition coefficient (Wildman–Crippen LogP) is 2.06. The third kappa shape index (κ3) is 2.94. The second kappa shape index (κ2) is 4.71. The summed E-state index contributed by atoms with van der Waals surface area (Å²) >= 11 is 0. The van der Waals surface area contributed by atoms with Crippen molar-refractivity contribution in [1.82, 2.24) is 4.83 Å². The molecule has 0 amide bonds. The SMILES string of the molecule is CC1=C/C(=N\NS(=O)(=O)c2ccccc2)CC1. The van der Waals surface area contributed by atoms with Crippen LogP contribution >= 0.6 is 0 Å². The molecule has 0 radical (unpaired) electrons. The molecular formula is C12H14N2O2S. The van der Waals surface area contributed by atoms with E-state index in [1.54, 1.807) is 18.2 Å². The summed E-state index contributed by atoms with van der Waals surface area (Å²) in [6, 6.07) is 8.22. The van der Waals surface area contributed by atoms with Crippen molar-refractivity contribution in [3.8, 4) is 0 Å². The van der Waals surface area contributed by atoms with Crippen molar-refractivity contribution in [1.29, 1.82) is 0 Å². The molecule has 0 saturated heterocycles. The Morgan fingerprint density at radius 1 is 1.18 bits per heavy atom. The van der Waals surface area contributed by atoms with Gasteiger partial charge in [0.05, 0.1) is 10.6 Å². The Kier molecular flexibility index (Phi) is 3.28. The van der Waals surface area contributed by atoms with Gasteiger partial charge in [0.25, 0.3) is 10.0 Å². The summed E-state index contributed by atoms with van der Waals surface area (Å²) in [7, 11) is -3.53. The monoisotopic (exact) mass is 250 g/mol. The molecule has 1 aromatic carbocycles. The minimum Gasteiger partial charge on any atom is -0.200 e. The van der Waals surface area contributed by atoms with Gasteiger partial charge in [-0.3, -0.25) is 0 Å². The zero-order chi connectivity index (χ0) is 12.3. The van der Waals surface area contributed by atoms with E-state index in [1.807, 2.05) is 13.0 Å². The molecular weight excluding hydrogens is 236 g/mol. The second-order valence-electron chi connectivity index (χ2n) is 4.00. The Balaban J connectivity index is 2.15. The summed E-state index contributed by atoms with van der Waals surface area (Å²) in [5, 5.41) is 3.92. The van der Waals surface area contributed by atoms with Crippen LogP contribution < -0.4 is 4.83 Å². The molecule has 0 aliphatic heterocycles. The molecule has 0 bridgehead atoms. The van der Waals surface area contributed by atoms with Crippen molar-refractivity contribution in [2.24, 2.45) is 5.10 Å². The van der Waals surface area contributed by atoms with E-state index in [-0.39, 0.29) is 4.90 Å². The fourth-order valence-corrected chi connectivity index (χ4v) is 2.47. The number of allylic oxidation sites excluding steroid dienone is 2. The van der Waals surface area contributed by atoms with E-state index in [0.717, 1.165) is 18.6 Å². The fraction of sp³-hybridized carbons (Fsp3) is 0.250. The average molecular weight is 250 g/mol. The summed E-state index contributed by atoms with van der Waals surface area (Å²) < 4.78 is 23.7. The standard InChI is InChI=1S/C12H14N2O2S/c1-10-7-8-11(9-10)13-14-17(15,16)12-5-3-2-4-6-12/h2-6,9,14H,7-8H2,1H3/b13-11-. The topological polar surface area (TPSA) is 58.5 Å². The van der Waals surface area contributed by atoms with Gasteiger partial charge in [-0.1, -0.05) is 23.8 Å². The molecule has 17 heavy (non-hydrogen) atoms. The minimum atomic E-state index is -3.53. The summed E-state index contributed by atoms with van der Waals surface area (Å²) in [4.78, 5) is 2.48. The van der Waals surface area contributed by atoms with Crippen LogP contribution in [0.25, 0.3) is 0 Å². The molecule has 0 atom stereocenters.